The van der Waals surface area contributed by atoms with Crippen molar-refractivity contribution in [2.45, 2.75) is 65.3 Å². The lowest BCUT2D eigenvalue weighted by Gasteiger charge is -2.36. The van der Waals surface area contributed by atoms with E-state index in [1.54, 1.807) is 0 Å². The summed E-state index contributed by atoms with van der Waals surface area (Å²) < 4.78 is 0. The van der Waals surface area contributed by atoms with Crippen molar-refractivity contribution in [2.75, 3.05) is 37.6 Å². The number of aryl methyl sites for hydroxylation is 1. The minimum absolute atomic E-state index is 0.359. The Bertz CT molecular complexity index is 610. The highest BCUT2D eigenvalue weighted by molar-refractivity contribution is 5.48. The van der Waals surface area contributed by atoms with Gasteiger partial charge in [-0.05, 0) is 50.3 Å². The van der Waals surface area contributed by atoms with Gasteiger partial charge in [-0.15, -0.1) is 0 Å². The molecular weight excluding hydrogens is 330 g/mol. The monoisotopic (exact) mass is 369 g/mol. The van der Waals surface area contributed by atoms with E-state index in [4.69, 9.17) is 0 Å². The summed E-state index contributed by atoms with van der Waals surface area (Å²) in [6.07, 6.45) is 7.63. The molecule has 27 heavy (non-hydrogen) atoms. The van der Waals surface area contributed by atoms with E-state index in [1.165, 1.54) is 75.1 Å². The van der Waals surface area contributed by atoms with Crippen molar-refractivity contribution in [3.8, 4) is 0 Å². The van der Waals surface area contributed by atoms with Gasteiger partial charge in [-0.25, -0.2) is 0 Å². The predicted octanol–water partition coefficient (Wildman–Crippen LogP) is 4.97. The highest BCUT2D eigenvalue weighted by Gasteiger charge is 2.40. The summed E-state index contributed by atoms with van der Waals surface area (Å²) in [6.45, 7) is 17.1. The zero-order valence-electron chi connectivity index (χ0n) is 17.8. The third kappa shape index (κ3) is 4.87. The Kier molecular flexibility index (Phi) is 6.86. The number of hydrogen-bond donors (Lipinski definition) is 1. The van der Waals surface area contributed by atoms with Crippen molar-refractivity contribution < 1.29 is 0 Å². The lowest BCUT2D eigenvalue weighted by atomic mass is 9.75. The van der Waals surface area contributed by atoms with Crippen LogP contribution >= 0.6 is 0 Å². The summed E-state index contributed by atoms with van der Waals surface area (Å²) >= 11 is 0. The molecule has 2 saturated heterocycles. The van der Waals surface area contributed by atoms with E-state index in [2.05, 4.69) is 66.7 Å². The molecule has 2 fully saturated rings. The summed E-state index contributed by atoms with van der Waals surface area (Å²) in [7, 11) is 0. The number of nitrogens with one attached hydrogen (secondary N) is 1. The molecule has 0 amide bonds. The smallest absolute Gasteiger partial charge is 0.0369 e. The first-order valence-electron chi connectivity index (χ1n) is 11.1. The number of nitrogens with zero attached hydrogens (tertiary/aromatic N) is 2. The third-order valence-corrected chi connectivity index (χ3v) is 6.65. The number of allylic oxidation sites excluding steroid dienone is 1. The van der Waals surface area contributed by atoms with Gasteiger partial charge in [0.2, 0.25) is 0 Å². The Morgan fingerprint density at radius 2 is 1.81 bits per heavy atom. The second kappa shape index (κ2) is 9.14. The zero-order valence-corrected chi connectivity index (χ0v) is 17.8. The minimum Gasteiger partial charge on any atom is -0.386 e. The molecule has 3 nitrogen and oxygen atoms in total. The van der Waals surface area contributed by atoms with Gasteiger partial charge in [0.1, 0.15) is 0 Å². The number of piperazine rings is 1. The minimum atomic E-state index is 0.359. The third-order valence-electron chi connectivity index (χ3n) is 6.65. The lowest BCUT2D eigenvalue weighted by Crippen LogP contribution is -2.47. The Morgan fingerprint density at radius 1 is 1.11 bits per heavy atom. The molecule has 2 aliphatic heterocycles. The fraction of sp³-hybridized carbons (Fsp3) is 0.667. The zero-order chi connectivity index (χ0) is 19.3. The van der Waals surface area contributed by atoms with Crippen LogP contribution in [0.4, 0.5) is 5.69 Å². The van der Waals surface area contributed by atoms with Crippen molar-refractivity contribution in [1.82, 2.24) is 10.2 Å². The van der Waals surface area contributed by atoms with Crippen LogP contribution in [0, 0.1) is 12.3 Å². The molecule has 0 aliphatic carbocycles. The average molecular weight is 370 g/mol. The van der Waals surface area contributed by atoms with Crippen LogP contribution in [-0.2, 0) is 0 Å². The second-order valence-electron chi connectivity index (χ2n) is 8.76. The van der Waals surface area contributed by atoms with Crippen molar-refractivity contribution >= 4 is 5.69 Å². The molecule has 0 spiro atoms. The van der Waals surface area contributed by atoms with E-state index >= 15 is 0 Å². The first-order valence-corrected chi connectivity index (χ1v) is 11.1. The maximum atomic E-state index is 4.41. The van der Waals surface area contributed by atoms with Gasteiger partial charge in [-0.2, -0.15) is 0 Å². The van der Waals surface area contributed by atoms with Gasteiger partial charge in [0.25, 0.3) is 0 Å². The summed E-state index contributed by atoms with van der Waals surface area (Å²) in [5.41, 5.74) is 4.41. The topological polar surface area (TPSA) is 18.5 Å². The van der Waals surface area contributed by atoms with Crippen LogP contribution in [0.15, 0.2) is 36.5 Å². The van der Waals surface area contributed by atoms with E-state index in [9.17, 15) is 0 Å². The summed E-state index contributed by atoms with van der Waals surface area (Å²) in [5.74, 6) is 0. The van der Waals surface area contributed by atoms with Gasteiger partial charge >= 0.3 is 0 Å². The van der Waals surface area contributed by atoms with Crippen LogP contribution in [0.5, 0.6) is 0 Å². The van der Waals surface area contributed by atoms with E-state index in [-0.39, 0.29) is 0 Å². The highest BCUT2D eigenvalue weighted by Crippen LogP contribution is 2.45. The predicted molar refractivity (Wildman–Crippen MR) is 117 cm³/mol. The molecule has 1 aromatic rings. The Labute approximate surface area is 166 Å². The number of benzene rings is 1. The maximum absolute atomic E-state index is 4.41. The largest absolute Gasteiger partial charge is 0.386 e. The number of anilines is 1. The Hall–Kier alpha value is -1.48. The first kappa shape index (κ1) is 20.3. The standard InChI is InChI=1S/C24H39N3/c1-5-11-24(12-6-2)19-22(25-21(24)4)10-13-26-14-16-27(17-15-26)23-9-7-8-20(3)18-23/h7-9,18,22,25H,4-6,10-17,19H2,1-3H3. The SMILES string of the molecule is C=C1NC(CCN2CCN(c3cccc(C)c3)CC2)CC1(CCC)CCC. The molecule has 1 aromatic carbocycles. The molecule has 1 atom stereocenters. The van der Waals surface area contributed by atoms with Crippen LogP contribution < -0.4 is 10.2 Å². The fourth-order valence-electron chi connectivity index (χ4n) is 5.20. The highest BCUT2D eigenvalue weighted by atomic mass is 15.3. The van der Waals surface area contributed by atoms with Gasteiger partial charge in [0.05, 0.1) is 0 Å². The summed E-state index contributed by atoms with van der Waals surface area (Å²) in [6, 6.07) is 9.53. The Morgan fingerprint density at radius 3 is 2.44 bits per heavy atom. The molecule has 1 N–H and O–H groups in total. The lowest BCUT2D eigenvalue weighted by molar-refractivity contribution is 0.237. The molecule has 0 radical (unpaired) electrons. The molecule has 3 heteroatoms. The van der Waals surface area contributed by atoms with Crippen LogP contribution in [0.1, 0.15) is 57.9 Å². The molecule has 0 saturated carbocycles. The summed E-state index contributed by atoms with van der Waals surface area (Å²) in [4.78, 5) is 5.18. The number of hydrogen-bond acceptors (Lipinski definition) is 3. The Balaban J connectivity index is 1.46. The van der Waals surface area contributed by atoms with Crippen LogP contribution in [0.2, 0.25) is 0 Å². The van der Waals surface area contributed by atoms with Gasteiger partial charge in [-0.3, -0.25) is 4.90 Å². The van der Waals surface area contributed by atoms with E-state index in [0.29, 0.717) is 11.5 Å². The van der Waals surface area contributed by atoms with Crippen LogP contribution in [0.3, 0.4) is 0 Å². The van der Waals surface area contributed by atoms with E-state index in [0.717, 1.165) is 13.1 Å². The fourth-order valence-corrected chi connectivity index (χ4v) is 5.20. The van der Waals surface area contributed by atoms with Crippen molar-refractivity contribution in [3.63, 3.8) is 0 Å². The van der Waals surface area contributed by atoms with Crippen LogP contribution in [0.25, 0.3) is 0 Å². The normalized spacial score (nSPS) is 22.9. The van der Waals surface area contributed by atoms with Crippen molar-refractivity contribution in [1.29, 1.82) is 0 Å². The molecule has 3 rings (SSSR count). The van der Waals surface area contributed by atoms with Crippen molar-refractivity contribution in [2.24, 2.45) is 5.41 Å². The summed E-state index contributed by atoms with van der Waals surface area (Å²) in [5, 5.41) is 3.76. The molecule has 0 bridgehead atoms. The quantitative estimate of drug-likeness (QED) is 0.698. The molecule has 1 unspecified atom stereocenters. The molecule has 2 aliphatic rings. The molecule has 2 heterocycles. The number of rotatable bonds is 8. The van der Waals surface area contributed by atoms with Crippen LogP contribution in [-0.4, -0.2) is 43.7 Å². The van der Waals surface area contributed by atoms with E-state index < -0.39 is 0 Å². The van der Waals surface area contributed by atoms with Gasteiger partial charge in [0, 0.05) is 55.6 Å². The molecular formula is C24H39N3. The second-order valence-corrected chi connectivity index (χ2v) is 8.76. The first-order chi connectivity index (χ1) is 13.1. The van der Waals surface area contributed by atoms with Gasteiger partial charge in [-0.1, -0.05) is 45.4 Å². The van der Waals surface area contributed by atoms with E-state index in [1.807, 2.05) is 0 Å². The van der Waals surface area contributed by atoms with Gasteiger partial charge in [0.15, 0.2) is 0 Å². The molecule has 150 valence electrons. The van der Waals surface area contributed by atoms with Gasteiger partial charge < -0.3 is 10.2 Å². The maximum Gasteiger partial charge on any atom is 0.0369 e. The van der Waals surface area contributed by atoms with Crippen molar-refractivity contribution in [3.05, 3.63) is 42.1 Å². The average Bonchev–Trinajstić information content (AvgIpc) is 2.96. The molecule has 0 aromatic heterocycles.